The van der Waals surface area contributed by atoms with Crippen molar-refractivity contribution in [2.24, 2.45) is 0 Å². The molecule has 86 valence electrons. The number of hydrogen-bond acceptors (Lipinski definition) is 5. The van der Waals surface area contributed by atoms with E-state index in [-0.39, 0.29) is 0 Å². The molecular formula is C11H8ClN3OS. The monoisotopic (exact) mass is 265 g/mol. The second-order valence-electron chi connectivity index (χ2n) is 3.50. The molecule has 0 radical (unpaired) electrons. The van der Waals surface area contributed by atoms with Crippen LogP contribution in [0.25, 0.3) is 22.4 Å². The van der Waals surface area contributed by atoms with Gasteiger partial charge in [0, 0.05) is 17.5 Å². The largest absolute Gasteiger partial charge is 0.454 e. The molecule has 0 bridgehead atoms. The standard InChI is InChI=1S/C11H8ClN3OS/c1-13-11-10(14-17-15-11)9-5-6-4-7(12)2-3-8(6)16-9/h2-5H,1H3,(H,13,15). The zero-order chi connectivity index (χ0) is 11.8. The Morgan fingerprint density at radius 3 is 3.00 bits per heavy atom. The van der Waals surface area contributed by atoms with E-state index in [2.05, 4.69) is 14.1 Å². The zero-order valence-electron chi connectivity index (χ0n) is 8.90. The van der Waals surface area contributed by atoms with Gasteiger partial charge in [0.05, 0.1) is 11.7 Å². The number of furan rings is 1. The van der Waals surface area contributed by atoms with Gasteiger partial charge in [0.15, 0.2) is 17.3 Å². The van der Waals surface area contributed by atoms with Crippen LogP contribution >= 0.6 is 23.3 Å². The molecule has 0 unspecified atom stereocenters. The van der Waals surface area contributed by atoms with E-state index in [4.69, 9.17) is 16.0 Å². The van der Waals surface area contributed by atoms with Gasteiger partial charge in [0.2, 0.25) is 0 Å². The highest BCUT2D eigenvalue weighted by molar-refractivity contribution is 6.99. The van der Waals surface area contributed by atoms with Crippen molar-refractivity contribution >= 4 is 40.1 Å². The molecule has 0 spiro atoms. The van der Waals surface area contributed by atoms with Gasteiger partial charge in [-0.1, -0.05) is 11.6 Å². The van der Waals surface area contributed by atoms with Gasteiger partial charge in [0.25, 0.3) is 0 Å². The number of nitrogens with zero attached hydrogens (tertiary/aromatic N) is 2. The third-order valence-electron chi connectivity index (χ3n) is 2.44. The van der Waals surface area contributed by atoms with E-state index in [9.17, 15) is 0 Å². The third kappa shape index (κ3) is 1.77. The number of aromatic nitrogens is 2. The Balaban J connectivity index is 2.18. The molecule has 0 atom stereocenters. The average Bonchev–Trinajstić information content (AvgIpc) is 2.93. The summed E-state index contributed by atoms with van der Waals surface area (Å²) in [4.78, 5) is 0. The molecule has 0 aliphatic rings. The Kier molecular flexibility index (Phi) is 2.49. The number of anilines is 1. The quantitative estimate of drug-likeness (QED) is 0.768. The van der Waals surface area contributed by atoms with Gasteiger partial charge in [0.1, 0.15) is 5.58 Å². The SMILES string of the molecule is CNc1nsnc1-c1cc2cc(Cl)ccc2o1. The van der Waals surface area contributed by atoms with Crippen molar-refractivity contribution in [1.29, 1.82) is 0 Å². The number of nitrogens with one attached hydrogen (secondary N) is 1. The van der Waals surface area contributed by atoms with Crippen LogP contribution < -0.4 is 5.32 Å². The lowest BCUT2D eigenvalue weighted by Gasteiger charge is -1.94. The topological polar surface area (TPSA) is 51.0 Å². The van der Waals surface area contributed by atoms with Gasteiger partial charge in [-0.3, -0.25) is 0 Å². The molecular weight excluding hydrogens is 258 g/mol. The van der Waals surface area contributed by atoms with Gasteiger partial charge in [-0.15, -0.1) is 0 Å². The van der Waals surface area contributed by atoms with E-state index in [1.54, 1.807) is 13.1 Å². The van der Waals surface area contributed by atoms with Crippen LogP contribution in [0.3, 0.4) is 0 Å². The molecule has 3 rings (SSSR count). The maximum absolute atomic E-state index is 5.93. The van der Waals surface area contributed by atoms with Crippen molar-refractivity contribution in [2.75, 3.05) is 12.4 Å². The van der Waals surface area contributed by atoms with Gasteiger partial charge in [-0.25, -0.2) is 0 Å². The first-order valence-corrected chi connectivity index (χ1v) is 6.08. The molecule has 0 saturated carbocycles. The lowest BCUT2D eigenvalue weighted by molar-refractivity contribution is 0.630. The van der Waals surface area contributed by atoms with E-state index in [0.29, 0.717) is 10.8 Å². The fourth-order valence-corrected chi connectivity index (χ4v) is 2.38. The molecule has 0 saturated heterocycles. The summed E-state index contributed by atoms with van der Waals surface area (Å²) < 4.78 is 14.1. The predicted molar refractivity (Wildman–Crippen MR) is 69.7 cm³/mol. The van der Waals surface area contributed by atoms with Crippen molar-refractivity contribution in [1.82, 2.24) is 8.75 Å². The lowest BCUT2D eigenvalue weighted by atomic mass is 10.2. The van der Waals surface area contributed by atoms with Crippen molar-refractivity contribution < 1.29 is 4.42 Å². The number of benzene rings is 1. The van der Waals surface area contributed by atoms with Crippen LogP contribution in [-0.2, 0) is 0 Å². The Labute approximate surface area is 107 Å². The smallest absolute Gasteiger partial charge is 0.171 e. The van der Waals surface area contributed by atoms with Gasteiger partial charge >= 0.3 is 0 Å². The van der Waals surface area contributed by atoms with Crippen LogP contribution in [0.1, 0.15) is 0 Å². The number of fused-ring (bicyclic) bond motifs is 1. The molecule has 6 heteroatoms. The van der Waals surface area contributed by atoms with E-state index < -0.39 is 0 Å². The molecule has 0 amide bonds. The molecule has 3 aromatic rings. The second kappa shape index (κ2) is 4.01. The minimum absolute atomic E-state index is 0.690. The molecule has 0 fully saturated rings. The predicted octanol–water partition coefficient (Wildman–Crippen LogP) is 3.65. The lowest BCUT2D eigenvalue weighted by Crippen LogP contribution is -1.89. The summed E-state index contributed by atoms with van der Waals surface area (Å²) in [5.74, 6) is 1.42. The minimum Gasteiger partial charge on any atom is -0.454 e. The highest BCUT2D eigenvalue weighted by atomic mass is 35.5. The minimum atomic E-state index is 0.690. The van der Waals surface area contributed by atoms with Crippen LogP contribution in [0.2, 0.25) is 5.02 Å². The highest BCUT2D eigenvalue weighted by Crippen LogP contribution is 2.32. The third-order valence-corrected chi connectivity index (χ3v) is 3.20. The first kappa shape index (κ1) is 10.6. The van der Waals surface area contributed by atoms with E-state index in [1.165, 1.54) is 0 Å². The number of halogens is 1. The maximum atomic E-state index is 5.93. The molecule has 1 N–H and O–H groups in total. The van der Waals surface area contributed by atoms with Crippen LogP contribution in [0.5, 0.6) is 0 Å². The van der Waals surface area contributed by atoms with E-state index in [1.807, 2.05) is 18.2 Å². The molecule has 0 aliphatic carbocycles. The summed E-state index contributed by atoms with van der Waals surface area (Å²) in [5.41, 5.74) is 1.52. The van der Waals surface area contributed by atoms with E-state index >= 15 is 0 Å². The summed E-state index contributed by atoms with van der Waals surface area (Å²) in [6, 6.07) is 7.43. The van der Waals surface area contributed by atoms with Crippen LogP contribution in [-0.4, -0.2) is 15.8 Å². The maximum Gasteiger partial charge on any atom is 0.171 e. The van der Waals surface area contributed by atoms with Crippen molar-refractivity contribution in [3.05, 3.63) is 29.3 Å². The highest BCUT2D eigenvalue weighted by Gasteiger charge is 2.14. The normalized spacial score (nSPS) is 10.9. The van der Waals surface area contributed by atoms with Crippen molar-refractivity contribution in [3.8, 4) is 11.5 Å². The summed E-state index contributed by atoms with van der Waals surface area (Å²) in [5, 5.41) is 4.63. The summed E-state index contributed by atoms with van der Waals surface area (Å²) >= 11 is 7.08. The summed E-state index contributed by atoms with van der Waals surface area (Å²) in [6.07, 6.45) is 0. The Bertz CT molecular complexity index is 676. The van der Waals surface area contributed by atoms with Crippen molar-refractivity contribution in [2.45, 2.75) is 0 Å². The van der Waals surface area contributed by atoms with Gasteiger partial charge < -0.3 is 9.73 Å². The Hall–Kier alpha value is -1.59. The van der Waals surface area contributed by atoms with Gasteiger partial charge in [-0.2, -0.15) is 8.75 Å². The average molecular weight is 266 g/mol. The fourth-order valence-electron chi connectivity index (χ4n) is 1.65. The first-order chi connectivity index (χ1) is 8.28. The molecule has 2 aromatic heterocycles. The summed E-state index contributed by atoms with van der Waals surface area (Å²) in [7, 11) is 1.81. The fraction of sp³-hybridized carbons (Fsp3) is 0.0909. The molecule has 0 aliphatic heterocycles. The molecule has 4 nitrogen and oxygen atoms in total. The van der Waals surface area contributed by atoms with Crippen LogP contribution in [0.4, 0.5) is 5.82 Å². The number of hydrogen-bond donors (Lipinski definition) is 1. The molecule has 2 heterocycles. The first-order valence-electron chi connectivity index (χ1n) is 4.97. The van der Waals surface area contributed by atoms with E-state index in [0.717, 1.165) is 34.2 Å². The Morgan fingerprint density at radius 2 is 2.18 bits per heavy atom. The van der Waals surface area contributed by atoms with Crippen LogP contribution in [0, 0.1) is 0 Å². The summed E-state index contributed by atoms with van der Waals surface area (Å²) in [6.45, 7) is 0. The van der Waals surface area contributed by atoms with Crippen molar-refractivity contribution in [3.63, 3.8) is 0 Å². The van der Waals surface area contributed by atoms with Gasteiger partial charge in [-0.05, 0) is 24.3 Å². The Morgan fingerprint density at radius 1 is 1.29 bits per heavy atom. The molecule has 17 heavy (non-hydrogen) atoms. The molecule has 1 aromatic carbocycles. The van der Waals surface area contributed by atoms with Crippen LogP contribution in [0.15, 0.2) is 28.7 Å². The zero-order valence-corrected chi connectivity index (χ0v) is 10.5. The number of rotatable bonds is 2. The second-order valence-corrected chi connectivity index (χ2v) is 4.47.